The summed E-state index contributed by atoms with van der Waals surface area (Å²) in [6.45, 7) is 3.99. The Morgan fingerprint density at radius 1 is 1.33 bits per heavy atom. The van der Waals surface area contributed by atoms with Crippen LogP contribution >= 0.6 is 11.3 Å². The number of H-pyrrole nitrogens is 1. The van der Waals surface area contributed by atoms with Crippen LogP contribution in [0.15, 0.2) is 23.6 Å². The third-order valence-corrected chi connectivity index (χ3v) is 3.91. The largest absolute Gasteiger partial charge is 0.337 e. The summed E-state index contributed by atoms with van der Waals surface area (Å²) in [6.07, 6.45) is 0. The number of fused-ring (bicyclic) bond motifs is 1. The highest BCUT2D eigenvalue weighted by Crippen LogP contribution is 2.25. The Hall–Kier alpha value is -1.72. The topological polar surface area (TPSA) is 67.6 Å². The molecule has 0 fully saturated rings. The smallest absolute Gasteiger partial charge is 0.158 e. The van der Waals surface area contributed by atoms with Crippen molar-refractivity contribution in [2.24, 2.45) is 5.73 Å². The van der Waals surface area contributed by atoms with Crippen LogP contribution in [-0.4, -0.2) is 15.0 Å². The monoisotopic (exact) mass is 258 g/mol. The van der Waals surface area contributed by atoms with Crippen molar-refractivity contribution in [3.8, 4) is 11.5 Å². The summed E-state index contributed by atoms with van der Waals surface area (Å²) in [5, 5.41) is 2.92. The first kappa shape index (κ1) is 11.4. The zero-order valence-corrected chi connectivity index (χ0v) is 11.1. The molecule has 0 spiro atoms. The Morgan fingerprint density at radius 2 is 2.17 bits per heavy atom. The van der Waals surface area contributed by atoms with Gasteiger partial charge in [0.25, 0.3) is 0 Å². The number of para-hydroxylation sites is 1. The van der Waals surface area contributed by atoms with E-state index in [1.807, 2.05) is 24.4 Å². The highest BCUT2D eigenvalue weighted by Gasteiger charge is 2.11. The van der Waals surface area contributed by atoms with Crippen molar-refractivity contribution in [1.82, 2.24) is 15.0 Å². The maximum atomic E-state index is 5.82. The fourth-order valence-electron chi connectivity index (χ4n) is 1.90. The van der Waals surface area contributed by atoms with E-state index in [4.69, 9.17) is 5.73 Å². The maximum Gasteiger partial charge on any atom is 0.158 e. The normalized spacial score (nSPS) is 13.1. The first-order chi connectivity index (χ1) is 8.65. The second kappa shape index (κ2) is 4.19. The molecule has 1 aromatic carbocycles. The number of aromatic nitrogens is 3. The van der Waals surface area contributed by atoms with E-state index in [1.165, 1.54) is 0 Å². The first-order valence-electron chi connectivity index (χ1n) is 5.82. The van der Waals surface area contributed by atoms with Gasteiger partial charge in [-0.25, -0.2) is 9.97 Å². The van der Waals surface area contributed by atoms with E-state index in [0.29, 0.717) is 0 Å². The van der Waals surface area contributed by atoms with Crippen molar-refractivity contribution in [3.05, 3.63) is 34.2 Å². The van der Waals surface area contributed by atoms with E-state index in [0.717, 1.165) is 33.1 Å². The molecule has 18 heavy (non-hydrogen) atoms. The number of imidazole rings is 1. The second-order valence-corrected chi connectivity index (χ2v) is 5.31. The van der Waals surface area contributed by atoms with Crippen molar-refractivity contribution in [2.45, 2.75) is 19.9 Å². The summed E-state index contributed by atoms with van der Waals surface area (Å²) < 4.78 is 0. The van der Waals surface area contributed by atoms with Gasteiger partial charge in [-0.3, -0.25) is 0 Å². The number of nitrogens with two attached hydrogens (primary N) is 1. The fourth-order valence-corrected chi connectivity index (χ4v) is 2.66. The zero-order valence-electron chi connectivity index (χ0n) is 10.3. The standard InChI is InChI=1S/C13H14N4S/c1-7-4-3-5-9-11(7)17-12(15-9)10-6-18-13(16-10)8(2)14/h3-6,8H,14H2,1-2H3,(H,15,17). The molecule has 1 atom stereocenters. The second-order valence-electron chi connectivity index (χ2n) is 4.42. The van der Waals surface area contributed by atoms with Gasteiger partial charge in [-0.15, -0.1) is 11.3 Å². The minimum Gasteiger partial charge on any atom is -0.337 e. The molecular formula is C13H14N4S. The molecule has 4 nitrogen and oxygen atoms in total. The van der Waals surface area contributed by atoms with Gasteiger partial charge in [0, 0.05) is 5.38 Å². The molecular weight excluding hydrogens is 244 g/mol. The molecule has 5 heteroatoms. The van der Waals surface area contributed by atoms with Crippen molar-refractivity contribution in [2.75, 3.05) is 0 Å². The van der Waals surface area contributed by atoms with Crippen molar-refractivity contribution < 1.29 is 0 Å². The predicted octanol–water partition coefficient (Wildman–Crippen LogP) is 3.01. The molecule has 0 saturated carbocycles. The van der Waals surface area contributed by atoms with Crippen LogP contribution in [0, 0.1) is 6.92 Å². The lowest BCUT2D eigenvalue weighted by Gasteiger charge is -1.96. The van der Waals surface area contributed by atoms with E-state index in [-0.39, 0.29) is 6.04 Å². The van der Waals surface area contributed by atoms with Gasteiger partial charge in [-0.1, -0.05) is 12.1 Å². The molecule has 2 heterocycles. The number of nitrogens with zero attached hydrogens (tertiary/aromatic N) is 2. The van der Waals surface area contributed by atoms with Crippen molar-refractivity contribution in [1.29, 1.82) is 0 Å². The Labute approximate surface area is 109 Å². The van der Waals surface area contributed by atoms with Crippen LogP contribution in [0.25, 0.3) is 22.6 Å². The average Bonchev–Trinajstić information content (AvgIpc) is 2.95. The highest BCUT2D eigenvalue weighted by molar-refractivity contribution is 7.10. The molecule has 2 aromatic heterocycles. The Morgan fingerprint density at radius 3 is 2.83 bits per heavy atom. The van der Waals surface area contributed by atoms with Gasteiger partial charge in [0.1, 0.15) is 10.7 Å². The minimum atomic E-state index is -0.0325. The lowest BCUT2D eigenvalue weighted by atomic mass is 10.2. The van der Waals surface area contributed by atoms with Crippen LogP contribution in [0.3, 0.4) is 0 Å². The number of thiazole rings is 1. The Kier molecular flexibility index (Phi) is 2.65. The Bertz CT molecular complexity index is 696. The number of aromatic amines is 1. The van der Waals surface area contributed by atoms with Gasteiger partial charge in [0.15, 0.2) is 5.82 Å². The summed E-state index contributed by atoms with van der Waals surface area (Å²) in [5.41, 5.74) is 9.89. The number of benzene rings is 1. The minimum absolute atomic E-state index is 0.0325. The van der Waals surface area contributed by atoms with Gasteiger partial charge < -0.3 is 10.7 Å². The van der Waals surface area contributed by atoms with Gasteiger partial charge in [0.05, 0.1) is 17.1 Å². The molecule has 3 aromatic rings. The van der Waals surface area contributed by atoms with Crippen LogP contribution in [0.5, 0.6) is 0 Å². The molecule has 3 rings (SSSR count). The number of hydrogen-bond donors (Lipinski definition) is 2. The van der Waals surface area contributed by atoms with E-state index >= 15 is 0 Å². The molecule has 0 aliphatic carbocycles. The van der Waals surface area contributed by atoms with E-state index in [9.17, 15) is 0 Å². The summed E-state index contributed by atoms with van der Waals surface area (Å²) in [6, 6.07) is 6.07. The highest BCUT2D eigenvalue weighted by atomic mass is 32.1. The van der Waals surface area contributed by atoms with Crippen LogP contribution in [-0.2, 0) is 0 Å². The number of rotatable bonds is 2. The van der Waals surface area contributed by atoms with E-state index in [1.54, 1.807) is 11.3 Å². The average molecular weight is 258 g/mol. The molecule has 0 radical (unpaired) electrons. The number of aryl methyl sites for hydroxylation is 1. The van der Waals surface area contributed by atoms with E-state index in [2.05, 4.69) is 27.9 Å². The Balaban J connectivity index is 2.10. The van der Waals surface area contributed by atoms with Gasteiger partial charge in [0.2, 0.25) is 0 Å². The number of nitrogens with one attached hydrogen (secondary N) is 1. The molecule has 0 bridgehead atoms. The SMILES string of the molecule is Cc1cccc2[nH]c(-c3csc(C(C)N)n3)nc12. The van der Waals surface area contributed by atoms with Crippen LogP contribution in [0.4, 0.5) is 0 Å². The van der Waals surface area contributed by atoms with Crippen molar-refractivity contribution in [3.63, 3.8) is 0 Å². The summed E-state index contributed by atoms with van der Waals surface area (Å²) >= 11 is 1.57. The summed E-state index contributed by atoms with van der Waals surface area (Å²) in [5.74, 6) is 0.808. The molecule has 0 aliphatic rings. The van der Waals surface area contributed by atoms with Crippen molar-refractivity contribution >= 4 is 22.4 Å². The molecule has 0 aliphatic heterocycles. The zero-order chi connectivity index (χ0) is 12.7. The third-order valence-electron chi connectivity index (χ3n) is 2.87. The number of hydrogen-bond acceptors (Lipinski definition) is 4. The molecule has 1 unspecified atom stereocenters. The molecule has 3 N–H and O–H groups in total. The summed E-state index contributed by atoms with van der Waals surface area (Å²) in [7, 11) is 0. The quantitative estimate of drug-likeness (QED) is 0.742. The fraction of sp³-hybridized carbons (Fsp3) is 0.231. The molecule has 0 amide bonds. The van der Waals surface area contributed by atoms with Crippen LogP contribution in [0.2, 0.25) is 0 Å². The molecule has 92 valence electrons. The van der Waals surface area contributed by atoms with Crippen LogP contribution in [0.1, 0.15) is 23.5 Å². The van der Waals surface area contributed by atoms with Gasteiger partial charge >= 0.3 is 0 Å². The lowest BCUT2D eigenvalue weighted by molar-refractivity contribution is 0.807. The summed E-state index contributed by atoms with van der Waals surface area (Å²) in [4.78, 5) is 12.4. The van der Waals surface area contributed by atoms with Gasteiger partial charge in [-0.2, -0.15) is 0 Å². The van der Waals surface area contributed by atoms with Gasteiger partial charge in [-0.05, 0) is 25.5 Å². The lowest BCUT2D eigenvalue weighted by Crippen LogP contribution is -2.03. The molecule has 0 saturated heterocycles. The predicted molar refractivity (Wildman–Crippen MR) is 74.5 cm³/mol. The first-order valence-corrected chi connectivity index (χ1v) is 6.70. The third kappa shape index (κ3) is 1.81. The maximum absolute atomic E-state index is 5.82. The van der Waals surface area contributed by atoms with E-state index < -0.39 is 0 Å². The van der Waals surface area contributed by atoms with Crippen LogP contribution < -0.4 is 5.73 Å².